The molecule has 10 heteroatoms. The third-order valence-corrected chi connectivity index (χ3v) is 6.38. The fourth-order valence-corrected chi connectivity index (χ4v) is 4.85. The summed E-state index contributed by atoms with van der Waals surface area (Å²) < 4.78 is 70.7. The van der Waals surface area contributed by atoms with E-state index in [2.05, 4.69) is 0 Å². The summed E-state index contributed by atoms with van der Waals surface area (Å²) in [7, 11) is -2.04. The molecule has 1 aromatic rings. The lowest BCUT2D eigenvalue weighted by atomic mass is 9.99. The maximum atomic E-state index is 14.1. The number of alkyl halides is 3. The quantitative estimate of drug-likeness (QED) is 0.692. The molecule has 0 fully saturated rings. The topological polar surface area (TPSA) is 65.1 Å². The van der Waals surface area contributed by atoms with Crippen molar-refractivity contribution in [2.75, 3.05) is 13.4 Å². The first-order valence-electron chi connectivity index (χ1n) is 8.81. The minimum Gasteiger partial charge on any atom is -0.466 e. The second kappa shape index (κ2) is 7.22. The van der Waals surface area contributed by atoms with E-state index in [1.54, 1.807) is 27.7 Å². The fraction of sp³-hybridized carbons (Fsp3) is 0.611. The predicted octanol–water partition coefficient (Wildman–Crippen LogP) is 3.79. The van der Waals surface area contributed by atoms with Gasteiger partial charge in [0.1, 0.15) is 17.0 Å². The zero-order chi connectivity index (χ0) is 20.9. The summed E-state index contributed by atoms with van der Waals surface area (Å²) in [6.07, 6.45) is -5.05. The van der Waals surface area contributed by atoms with Gasteiger partial charge < -0.3 is 14.2 Å². The number of ether oxygens (including phenoxy) is 3. The molecular formula is C18H22F3NO5S. The van der Waals surface area contributed by atoms with Crippen molar-refractivity contribution in [1.82, 2.24) is 4.31 Å². The van der Waals surface area contributed by atoms with Crippen molar-refractivity contribution in [2.24, 2.45) is 0 Å². The molecule has 3 atom stereocenters. The van der Waals surface area contributed by atoms with Crippen LogP contribution in [0, 0.1) is 0 Å². The molecule has 0 radical (unpaired) electrons. The van der Waals surface area contributed by atoms with Crippen molar-refractivity contribution < 1.29 is 36.4 Å². The number of halogens is 3. The van der Waals surface area contributed by atoms with E-state index >= 15 is 0 Å². The molecule has 1 aromatic carbocycles. The van der Waals surface area contributed by atoms with Crippen LogP contribution in [0.3, 0.4) is 0 Å². The Bertz CT molecular complexity index is 806. The summed E-state index contributed by atoms with van der Waals surface area (Å²) in [6, 6.07) is -0.472. The first-order chi connectivity index (χ1) is 12.9. The molecule has 2 aliphatic heterocycles. The van der Waals surface area contributed by atoms with E-state index in [4.69, 9.17) is 14.2 Å². The van der Waals surface area contributed by atoms with Gasteiger partial charge in [0.25, 0.3) is 0 Å². The Morgan fingerprint density at radius 1 is 1.21 bits per heavy atom. The highest BCUT2D eigenvalue weighted by molar-refractivity contribution is 7.84. The number of hydrogen-bond acceptors (Lipinski definition) is 5. The molecule has 156 valence electrons. The second-order valence-corrected chi connectivity index (χ2v) is 9.67. The largest absolute Gasteiger partial charge is 0.466 e. The molecule has 0 saturated heterocycles. The highest BCUT2D eigenvalue weighted by atomic mass is 32.2. The number of rotatable bonds is 4. The Morgan fingerprint density at radius 2 is 1.79 bits per heavy atom. The summed E-state index contributed by atoms with van der Waals surface area (Å²) in [6.45, 7) is 6.40. The lowest BCUT2D eigenvalue weighted by Crippen LogP contribution is -2.43. The molecule has 0 saturated carbocycles. The molecule has 3 rings (SSSR count). The number of benzene rings is 1. The molecule has 0 amide bonds. The van der Waals surface area contributed by atoms with E-state index in [0.29, 0.717) is 5.75 Å². The van der Waals surface area contributed by atoms with Crippen LogP contribution in [0.5, 0.6) is 11.5 Å². The Balaban J connectivity index is 2.16. The van der Waals surface area contributed by atoms with Crippen LogP contribution in [0.2, 0.25) is 0 Å². The van der Waals surface area contributed by atoms with Gasteiger partial charge in [-0.25, -0.2) is 4.21 Å². The second-order valence-electron chi connectivity index (χ2n) is 7.52. The number of nitrogens with zero attached hydrogens (tertiary/aromatic N) is 1. The standard InChI is InChI=1S/C18H22F3NO5S/c1-5-25-15(23)8-12-10-6-13-14(27-9-26-13)7-11(10)16(18(19,20)21)22(12)28(24)17(2,3)4/h6-7,12,16H,5,8-9H2,1-4H3/t12-,16-,28?/m0/s1. The van der Waals surface area contributed by atoms with E-state index in [9.17, 15) is 22.2 Å². The van der Waals surface area contributed by atoms with Gasteiger partial charge in [0.2, 0.25) is 6.79 Å². The Hall–Kier alpha value is -1.81. The zero-order valence-corrected chi connectivity index (χ0v) is 16.8. The number of hydrogen-bond donors (Lipinski definition) is 0. The van der Waals surface area contributed by atoms with Crippen molar-refractivity contribution in [1.29, 1.82) is 0 Å². The van der Waals surface area contributed by atoms with Crippen LogP contribution < -0.4 is 9.47 Å². The normalized spacial score (nSPS) is 22.8. The van der Waals surface area contributed by atoms with Crippen molar-refractivity contribution in [3.63, 3.8) is 0 Å². The van der Waals surface area contributed by atoms with E-state index in [0.717, 1.165) is 4.31 Å². The van der Waals surface area contributed by atoms with Crippen LogP contribution in [0.1, 0.15) is 57.3 Å². The van der Waals surface area contributed by atoms with Gasteiger partial charge in [-0.05, 0) is 51.0 Å². The smallest absolute Gasteiger partial charge is 0.409 e. The minimum atomic E-state index is -4.70. The molecule has 0 aromatic heterocycles. The van der Waals surface area contributed by atoms with E-state index in [1.165, 1.54) is 12.1 Å². The Morgan fingerprint density at radius 3 is 2.29 bits per heavy atom. The van der Waals surface area contributed by atoms with Crippen LogP contribution in [-0.4, -0.2) is 38.8 Å². The third kappa shape index (κ3) is 3.71. The van der Waals surface area contributed by atoms with Gasteiger partial charge in [0.15, 0.2) is 11.5 Å². The number of esters is 1. The molecule has 0 bridgehead atoms. The molecule has 0 aliphatic carbocycles. The molecule has 0 N–H and O–H groups in total. The zero-order valence-electron chi connectivity index (χ0n) is 16.0. The third-order valence-electron chi connectivity index (χ3n) is 4.48. The number of carbonyl (C=O) groups excluding carboxylic acids is 1. The molecule has 28 heavy (non-hydrogen) atoms. The van der Waals surface area contributed by atoms with Gasteiger partial charge in [-0.15, -0.1) is 0 Å². The van der Waals surface area contributed by atoms with Crippen LogP contribution in [0.4, 0.5) is 13.2 Å². The highest BCUT2D eigenvalue weighted by Gasteiger charge is 2.57. The summed E-state index contributed by atoms with van der Waals surface area (Å²) >= 11 is 0. The summed E-state index contributed by atoms with van der Waals surface area (Å²) in [4.78, 5) is 12.1. The van der Waals surface area contributed by atoms with Gasteiger partial charge in [-0.1, -0.05) is 0 Å². The number of carbonyl (C=O) groups is 1. The highest BCUT2D eigenvalue weighted by Crippen LogP contribution is 2.55. The minimum absolute atomic E-state index is 0.0800. The van der Waals surface area contributed by atoms with Crippen molar-refractivity contribution in [2.45, 2.75) is 57.1 Å². The monoisotopic (exact) mass is 421 g/mol. The average molecular weight is 421 g/mol. The van der Waals surface area contributed by atoms with Crippen LogP contribution in [-0.2, 0) is 20.5 Å². The molecule has 2 aliphatic rings. The summed E-state index contributed by atoms with van der Waals surface area (Å²) in [5, 5.41) is 0. The lowest BCUT2D eigenvalue weighted by Gasteiger charge is -2.34. The molecular weight excluding hydrogens is 399 g/mol. The van der Waals surface area contributed by atoms with Crippen molar-refractivity contribution in [3.8, 4) is 11.5 Å². The number of fused-ring (bicyclic) bond motifs is 2. The van der Waals surface area contributed by atoms with Gasteiger partial charge >= 0.3 is 12.1 Å². The fourth-order valence-electron chi connectivity index (χ4n) is 3.38. The van der Waals surface area contributed by atoms with Crippen LogP contribution >= 0.6 is 0 Å². The van der Waals surface area contributed by atoms with Crippen LogP contribution in [0.25, 0.3) is 0 Å². The van der Waals surface area contributed by atoms with Crippen molar-refractivity contribution >= 4 is 17.0 Å². The Kier molecular flexibility index (Phi) is 5.39. The van der Waals surface area contributed by atoms with Crippen LogP contribution in [0.15, 0.2) is 12.1 Å². The average Bonchev–Trinajstić information content (AvgIpc) is 3.13. The van der Waals surface area contributed by atoms with Crippen molar-refractivity contribution in [3.05, 3.63) is 23.3 Å². The predicted molar refractivity (Wildman–Crippen MR) is 95.1 cm³/mol. The maximum Gasteiger partial charge on any atom is 0.409 e. The molecule has 0 spiro atoms. The molecule has 1 unspecified atom stereocenters. The van der Waals surface area contributed by atoms with E-state index < -0.39 is 40.0 Å². The molecule has 2 heterocycles. The van der Waals surface area contributed by atoms with E-state index in [-0.39, 0.29) is 36.7 Å². The lowest BCUT2D eigenvalue weighted by molar-refractivity contribution is -0.174. The van der Waals surface area contributed by atoms with Gasteiger partial charge in [0.05, 0.1) is 23.8 Å². The summed E-state index contributed by atoms with van der Waals surface area (Å²) in [5.41, 5.74) is 0.167. The van der Waals surface area contributed by atoms with Gasteiger partial charge in [-0.2, -0.15) is 17.5 Å². The first kappa shape index (κ1) is 20.9. The van der Waals surface area contributed by atoms with Gasteiger partial charge in [0, 0.05) is 0 Å². The maximum absolute atomic E-state index is 14.1. The Labute approximate surface area is 163 Å². The molecule has 6 nitrogen and oxygen atoms in total. The SMILES string of the molecule is CCOC(=O)C[C@H]1c2cc3c(cc2[C@@H](C(F)(F)F)N1S(=O)C(C)(C)C)OCO3. The first-order valence-corrected chi connectivity index (χ1v) is 9.92. The summed E-state index contributed by atoms with van der Waals surface area (Å²) in [5.74, 6) is -0.155. The van der Waals surface area contributed by atoms with E-state index in [1.807, 2.05) is 0 Å². The van der Waals surface area contributed by atoms with Gasteiger partial charge in [-0.3, -0.25) is 4.79 Å².